The molecule has 2 heterocycles. The lowest BCUT2D eigenvalue weighted by Crippen LogP contribution is -2.56. The number of ether oxygens (including phenoxy) is 1. The summed E-state index contributed by atoms with van der Waals surface area (Å²) in [6, 6.07) is 0. The smallest absolute Gasteiger partial charge is 0.313 e. The Morgan fingerprint density at radius 3 is 2.18 bits per heavy atom. The van der Waals surface area contributed by atoms with E-state index in [4.69, 9.17) is 9.84 Å². The molecule has 122 valence electrons. The minimum absolute atomic E-state index is 0.143. The molecule has 3 aliphatic rings. The Balaban J connectivity index is 1.82. The topological polar surface area (TPSA) is 83.9 Å². The van der Waals surface area contributed by atoms with E-state index >= 15 is 0 Å². The van der Waals surface area contributed by atoms with Gasteiger partial charge < -0.3 is 14.7 Å². The molecule has 2 bridgehead atoms. The van der Waals surface area contributed by atoms with E-state index in [9.17, 15) is 14.4 Å². The first-order valence-electron chi connectivity index (χ1n) is 7.91. The van der Waals surface area contributed by atoms with E-state index in [0.717, 1.165) is 0 Å². The fourth-order valence-corrected chi connectivity index (χ4v) is 4.31. The monoisotopic (exact) mass is 309 g/mol. The molecule has 0 aromatic carbocycles. The molecule has 2 atom stereocenters. The van der Waals surface area contributed by atoms with Gasteiger partial charge in [0.1, 0.15) is 0 Å². The standard InChI is InChI=1S/C16H23NO5/c1-14(2)15(3)6-7-16(14,22-13(15)21)12(20)17-8-4-10(5-9-17)11(18)19/h10H,4-9H2,1-3H3,(H,18,19)/t15-,16-/m0/s1. The van der Waals surface area contributed by atoms with Gasteiger partial charge in [-0.3, -0.25) is 14.4 Å². The highest BCUT2D eigenvalue weighted by atomic mass is 16.6. The van der Waals surface area contributed by atoms with Crippen LogP contribution in [0.1, 0.15) is 46.5 Å². The summed E-state index contributed by atoms with van der Waals surface area (Å²) in [7, 11) is 0. The predicted octanol–water partition coefficient (Wildman–Crippen LogP) is 1.43. The number of piperidine rings is 1. The summed E-state index contributed by atoms with van der Waals surface area (Å²) < 4.78 is 5.61. The number of hydrogen-bond donors (Lipinski definition) is 1. The molecule has 0 spiro atoms. The largest absolute Gasteiger partial charge is 0.481 e. The molecular formula is C16H23NO5. The summed E-state index contributed by atoms with van der Waals surface area (Å²) in [4.78, 5) is 38.0. The van der Waals surface area contributed by atoms with Crippen LogP contribution >= 0.6 is 0 Å². The molecule has 0 radical (unpaired) electrons. The van der Waals surface area contributed by atoms with Crippen molar-refractivity contribution in [3.63, 3.8) is 0 Å². The van der Waals surface area contributed by atoms with Gasteiger partial charge in [0.05, 0.1) is 11.3 Å². The normalized spacial score (nSPS) is 37.2. The summed E-state index contributed by atoms with van der Waals surface area (Å²) in [6.07, 6.45) is 2.14. The van der Waals surface area contributed by atoms with Crippen LogP contribution in [-0.2, 0) is 19.1 Å². The number of fused-ring (bicyclic) bond motifs is 2. The number of carboxylic acid groups (broad SMARTS) is 1. The van der Waals surface area contributed by atoms with Gasteiger partial charge in [-0.25, -0.2) is 0 Å². The molecule has 1 aliphatic carbocycles. The molecule has 1 saturated carbocycles. The van der Waals surface area contributed by atoms with Crippen LogP contribution in [0.3, 0.4) is 0 Å². The molecule has 2 aliphatic heterocycles. The van der Waals surface area contributed by atoms with Crippen molar-refractivity contribution in [3.8, 4) is 0 Å². The van der Waals surface area contributed by atoms with Crippen LogP contribution in [0, 0.1) is 16.7 Å². The second-order valence-corrected chi connectivity index (χ2v) is 7.58. The number of amides is 1. The number of aliphatic carboxylic acids is 1. The average molecular weight is 309 g/mol. The minimum Gasteiger partial charge on any atom is -0.481 e. The van der Waals surface area contributed by atoms with E-state index in [0.29, 0.717) is 38.8 Å². The van der Waals surface area contributed by atoms with E-state index in [-0.39, 0.29) is 17.8 Å². The lowest BCUT2D eigenvalue weighted by molar-refractivity contribution is -0.175. The first kappa shape index (κ1) is 15.3. The van der Waals surface area contributed by atoms with Gasteiger partial charge in [-0.05, 0) is 32.6 Å². The van der Waals surface area contributed by atoms with E-state index < -0.39 is 22.4 Å². The third kappa shape index (κ3) is 1.64. The Labute approximate surface area is 129 Å². The van der Waals surface area contributed by atoms with E-state index in [1.54, 1.807) is 4.90 Å². The van der Waals surface area contributed by atoms with Crippen LogP contribution in [0.15, 0.2) is 0 Å². The van der Waals surface area contributed by atoms with Gasteiger partial charge in [-0.1, -0.05) is 13.8 Å². The maximum Gasteiger partial charge on any atom is 0.313 e. The Morgan fingerprint density at radius 2 is 1.77 bits per heavy atom. The molecular weight excluding hydrogens is 286 g/mol. The highest BCUT2D eigenvalue weighted by molar-refractivity contribution is 5.96. The van der Waals surface area contributed by atoms with Crippen LogP contribution in [0.4, 0.5) is 0 Å². The van der Waals surface area contributed by atoms with E-state index in [1.165, 1.54) is 0 Å². The number of esters is 1. The third-order valence-electron chi connectivity index (χ3n) is 6.56. The van der Waals surface area contributed by atoms with Crippen molar-refractivity contribution >= 4 is 17.8 Å². The lowest BCUT2D eigenvalue weighted by atomic mass is 9.66. The zero-order valence-corrected chi connectivity index (χ0v) is 13.3. The molecule has 6 heteroatoms. The lowest BCUT2D eigenvalue weighted by Gasteiger charge is -2.40. The summed E-state index contributed by atoms with van der Waals surface area (Å²) in [5, 5.41) is 9.06. The Bertz CT molecular complexity index is 549. The van der Waals surface area contributed by atoms with Gasteiger partial charge in [0.2, 0.25) is 0 Å². The van der Waals surface area contributed by atoms with Crippen molar-refractivity contribution in [2.75, 3.05) is 13.1 Å². The first-order chi connectivity index (χ1) is 10.2. The first-order valence-corrected chi connectivity index (χ1v) is 7.91. The number of hydrogen-bond acceptors (Lipinski definition) is 4. The molecule has 6 nitrogen and oxygen atoms in total. The van der Waals surface area contributed by atoms with Crippen molar-refractivity contribution < 1.29 is 24.2 Å². The fraction of sp³-hybridized carbons (Fsp3) is 0.812. The van der Waals surface area contributed by atoms with Crippen molar-refractivity contribution in [1.29, 1.82) is 0 Å². The van der Waals surface area contributed by atoms with Gasteiger partial charge in [0, 0.05) is 18.5 Å². The number of nitrogens with zero attached hydrogens (tertiary/aromatic N) is 1. The molecule has 0 aromatic rings. The Kier molecular flexibility index (Phi) is 3.10. The molecule has 3 fully saturated rings. The van der Waals surface area contributed by atoms with Crippen LogP contribution in [0.5, 0.6) is 0 Å². The zero-order chi connectivity index (χ0) is 16.3. The van der Waals surface area contributed by atoms with E-state index in [2.05, 4.69) is 0 Å². The highest BCUT2D eigenvalue weighted by Crippen LogP contribution is 2.66. The predicted molar refractivity (Wildman–Crippen MR) is 76.9 cm³/mol. The zero-order valence-electron chi connectivity index (χ0n) is 13.3. The van der Waals surface area contributed by atoms with Crippen molar-refractivity contribution in [1.82, 2.24) is 4.90 Å². The second kappa shape index (κ2) is 4.46. The van der Waals surface area contributed by atoms with Gasteiger partial charge in [0.25, 0.3) is 5.91 Å². The van der Waals surface area contributed by atoms with Crippen LogP contribution in [-0.4, -0.2) is 46.5 Å². The molecule has 0 unspecified atom stereocenters. The summed E-state index contributed by atoms with van der Waals surface area (Å²) in [5.74, 6) is -1.60. The molecule has 0 aromatic heterocycles. The number of carbonyl (C=O) groups excluding carboxylic acids is 2. The van der Waals surface area contributed by atoms with Gasteiger partial charge in [-0.15, -0.1) is 0 Å². The third-order valence-corrected chi connectivity index (χ3v) is 6.56. The van der Waals surface area contributed by atoms with Crippen molar-refractivity contribution in [3.05, 3.63) is 0 Å². The number of likely N-dealkylation sites (tertiary alicyclic amines) is 1. The summed E-state index contributed by atoms with van der Waals surface area (Å²) >= 11 is 0. The molecule has 22 heavy (non-hydrogen) atoms. The summed E-state index contributed by atoms with van der Waals surface area (Å²) in [5.41, 5.74) is -2.23. The van der Waals surface area contributed by atoms with Gasteiger partial charge in [-0.2, -0.15) is 0 Å². The maximum absolute atomic E-state index is 13.1. The second-order valence-electron chi connectivity index (χ2n) is 7.58. The number of carboxylic acids is 1. The molecule has 2 saturated heterocycles. The van der Waals surface area contributed by atoms with Gasteiger partial charge in [0.15, 0.2) is 5.60 Å². The quantitative estimate of drug-likeness (QED) is 0.780. The Morgan fingerprint density at radius 1 is 1.18 bits per heavy atom. The number of rotatable bonds is 2. The Hall–Kier alpha value is -1.59. The van der Waals surface area contributed by atoms with E-state index in [1.807, 2.05) is 20.8 Å². The minimum atomic E-state index is -1.07. The molecule has 1 amide bonds. The van der Waals surface area contributed by atoms with Gasteiger partial charge >= 0.3 is 11.9 Å². The maximum atomic E-state index is 13.1. The van der Waals surface area contributed by atoms with Crippen LogP contribution in [0.2, 0.25) is 0 Å². The highest BCUT2D eigenvalue weighted by Gasteiger charge is 2.76. The SMILES string of the molecule is CC1(C)[C@@]2(C)CC[C@@]1(C(=O)N1CCC(C(=O)O)CC1)OC2=O. The fourth-order valence-electron chi connectivity index (χ4n) is 4.31. The van der Waals surface area contributed by atoms with Crippen molar-refractivity contribution in [2.45, 2.75) is 52.1 Å². The molecule has 3 rings (SSSR count). The molecule has 1 N–H and O–H groups in total. The van der Waals surface area contributed by atoms with Crippen LogP contribution in [0.25, 0.3) is 0 Å². The van der Waals surface area contributed by atoms with Crippen molar-refractivity contribution in [2.24, 2.45) is 16.7 Å². The number of carbonyl (C=O) groups is 3. The van der Waals surface area contributed by atoms with Crippen LogP contribution < -0.4 is 0 Å². The average Bonchev–Trinajstić information content (AvgIpc) is 2.77. The summed E-state index contributed by atoms with van der Waals surface area (Å²) in [6.45, 7) is 6.59.